The van der Waals surface area contributed by atoms with Crippen LogP contribution >= 0.6 is 0 Å². The van der Waals surface area contributed by atoms with Gasteiger partial charge in [-0.15, -0.1) is 0 Å². The van der Waals surface area contributed by atoms with E-state index in [0.717, 1.165) is 5.69 Å². The number of hydrogen-bond acceptors (Lipinski definition) is 6. The summed E-state index contributed by atoms with van der Waals surface area (Å²) >= 11 is 0. The zero-order valence-electron chi connectivity index (χ0n) is 10.4. The van der Waals surface area contributed by atoms with Crippen molar-refractivity contribution in [3.63, 3.8) is 0 Å². The van der Waals surface area contributed by atoms with Gasteiger partial charge in [-0.1, -0.05) is 5.16 Å². The minimum Gasteiger partial charge on any atom is -0.408 e. The fourth-order valence-electron chi connectivity index (χ4n) is 1.84. The quantitative estimate of drug-likeness (QED) is 0.747. The number of rotatable bonds is 3. The maximum Gasteiger partial charge on any atom is 0.417 e. The van der Waals surface area contributed by atoms with Crippen molar-refractivity contribution in [2.45, 2.75) is 19.9 Å². The molecule has 1 aromatic carbocycles. The number of H-pyrrole nitrogens is 1. The lowest BCUT2D eigenvalue weighted by Crippen LogP contribution is -2.06. The van der Waals surface area contributed by atoms with E-state index in [0.29, 0.717) is 22.8 Å². The van der Waals surface area contributed by atoms with E-state index in [2.05, 4.69) is 20.4 Å². The van der Waals surface area contributed by atoms with Crippen LogP contribution < -0.4 is 11.1 Å². The van der Waals surface area contributed by atoms with Gasteiger partial charge in [0.15, 0.2) is 11.4 Å². The van der Waals surface area contributed by atoms with Crippen molar-refractivity contribution in [3.8, 4) is 0 Å². The summed E-state index contributed by atoms with van der Waals surface area (Å²) in [4.78, 5) is 17.8. The van der Waals surface area contributed by atoms with Crippen molar-refractivity contribution in [1.29, 1.82) is 0 Å². The molecule has 3 aromatic rings. The number of nitrogens with one attached hydrogen (secondary N) is 2. The largest absolute Gasteiger partial charge is 0.417 e. The molecule has 0 unspecified atom stereocenters. The Balaban J connectivity index is 1.86. The minimum absolute atomic E-state index is 0.128. The number of aryl methyl sites for hydroxylation is 1. The molecule has 3 rings (SSSR count). The summed E-state index contributed by atoms with van der Waals surface area (Å²) in [6, 6.07) is 5.21. The van der Waals surface area contributed by atoms with Crippen LogP contribution in [0, 0.1) is 6.92 Å². The molecule has 0 aliphatic heterocycles. The van der Waals surface area contributed by atoms with Crippen molar-refractivity contribution in [3.05, 3.63) is 40.5 Å². The van der Waals surface area contributed by atoms with E-state index in [1.165, 1.54) is 0 Å². The molecule has 7 nitrogen and oxygen atoms in total. The summed E-state index contributed by atoms with van der Waals surface area (Å²) in [6.45, 7) is 3.68. The fourth-order valence-corrected chi connectivity index (χ4v) is 1.84. The lowest BCUT2D eigenvalue weighted by molar-refractivity contribution is 0.364. The summed E-state index contributed by atoms with van der Waals surface area (Å²) < 4.78 is 10.0. The smallest absolute Gasteiger partial charge is 0.408 e. The SMILES string of the molecule is Cc1noc([C@@H](C)Nc2ccc3oc(=O)[nH]c3c2)n1. The molecule has 0 radical (unpaired) electrons. The maximum absolute atomic E-state index is 11.1. The molecule has 0 bridgehead atoms. The van der Waals surface area contributed by atoms with Crippen LogP contribution in [0.5, 0.6) is 0 Å². The van der Waals surface area contributed by atoms with Gasteiger partial charge in [0.2, 0.25) is 5.89 Å². The maximum atomic E-state index is 11.1. The highest BCUT2D eigenvalue weighted by molar-refractivity contribution is 5.76. The number of aromatic nitrogens is 3. The van der Waals surface area contributed by atoms with Crippen LogP contribution in [0.15, 0.2) is 31.9 Å². The molecule has 2 heterocycles. The fraction of sp³-hybridized carbons (Fsp3) is 0.250. The van der Waals surface area contributed by atoms with Gasteiger partial charge in [0, 0.05) is 5.69 Å². The first-order valence-electron chi connectivity index (χ1n) is 5.81. The molecule has 2 aromatic heterocycles. The Morgan fingerprint density at radius 1 is 1.42 bits per heavy atom. The molecule has 2 N–H and O–H groups in total. The Hall–Kier alpha value is -2.57. The molecule has 0 fully saturated rings. The van der Waals surface area contributed by atoms with Gasteiger partial charge in [0.1, 0.15) is 6.04 Å². The molecule has 0 aliphatic carbocycles. The first-order chi connectivity index (χ1) is 9.11. The lowest BCUT2D eigenvalue weighted by atomic mass is 10.2. The molecule has 0 aliphatic rings. The number of hydrogen-bond donors (Lipinski definition) is 2. The van der Waals surface area contributed by atoms with Gasteiger partial charge >= 0.3 is 5.76 Å². The molecule has 0 saturated carbocycles. The van der Waals surface area contributed by atoms with Crippen LogP contribution in [0.4, 0.5) is 5.69 Å². The minimum atomic E-state index is -0.465. The summed E-state index contributed by atoms with van der Waals surface area (Å²) in [5, 5.41) is 6.96. The van der Waals surface area contributed by atoms with E-state index in [4.69, 9.17) is 8.94 Å². The second kappa shape index (κ2) is 4.27. The van der Waals surface area contributed by atoms with Crippen molar-refractivity contribution in [1.82, 2.24) is 15.1 Å². The topological polar surface area (TPSA) is 97.0 Å². The Morgan fingerprint density at radius 3 is 3.00 bits per heavy atom. The normalized spacial score (nSPS) is 12.7. The summed E-state index contributed by atoms with van der Waals surface area (Å²) in [6.07, 6.45) is 0. The first-order valence-corrected chi connectivity index (χ1v) is 5.81. The van der Waals surface area contributed by atoms with Gasteiger partial charge in [-0.25, -0.2) is 4.79 Å². The van der Waals surface area contributed by atoms with Gasteiger partial charge in [-0.3, -0.25) is 4.98 Å². The molecule has 19 heavy (non-hydrogen) atoms. The van der Waals surface area contributed by atoms with E-state index >= 15 is 0 Å². The standard InChI is InChI=1S/C12H12N4O3/c1-6(11-14-7(2)16-19-11)13-8-3-4-10-9(5-8)15-12(17)18-10/h3-6,13H,1-2H3,(H,15,17)/t6-/m1/s1. The predicted molar refractivity (Wildman–Crippen MR) is 67.9 cm³/mol. The van der Waals surface area contributed by atoms with Crippen LogP contribution in [-0.2, 0) is 0 Å². The summed E-state index contributed by atoms with van der Waals surface area (Å²) in [5.74, 6) is 0.643. The van der Waals surface area contributed by atoms with Crippen LogP contribution in [0.25, 0.3) is 11.1 Å². The van der Waals surface area contributed by atoms with E-state index in [9.17, 15) is 4.79 Å². The average molecular weight is 260 g/mol. The molecule has 7 heteroatoms. The van der Waals surface area contributed by atoms with Crippen molar-refractivity contribution in [2.24, 2.45) is 0 Å². The van der Waals surface area contributed by atoms with Crippen LogP contribution in [0.2, 0.25) is 0 Å². The Bertz CT molecular complexity index is 770. The summed E-state index contributed by atoms with van der Waals surface area (Å²) in [7, 11) is 0. The summed E-state index contributed by atoms with van der Waals surface area (Å²) in [5.41, 5.74) is 1.99. The second-order valence-electron chi connectivity index (χ2n) is 4.27. The Labute approximate surface area is 107 Å². The zero-order chi connectivity index (χ0) is 13.4. The monoisotopic (exact) mass is 260 g/mol. The van der Waals surface area contributed by atoms with E-state index in [1.807, 2.05) is 13.0 Å². The second-order valence-corrected chi connectivity index (χ2v) is 4.27. The molecule has 98 valence electrons. The number of fused-ring (bicyclic) bond motifs is 1. The van der Waals surface area contributed by atoms with Gasteiger partial charge in [0.25, 0.3) is 0 Å². The van der Waals surface area contributed by atoms with Crippen molar-refractivity contribution < 1.29 is 8.94 Å². The number of nitrogens with zero attached hydrogens (tertiary/aromatic N) is 2. The van der Waals surface area contributed by atoms with Gasteiger partial charge in [-0.2, -0.15) is 4.98 Å². The molecule has 1 atom stereocenters. The highest BCUT2D eigenvalue weighted by atomic mass is 16.5. The van der Waals surface area contributed by atoms with Gasteiger partial charge < -0.3 is 14.3 Å². The zero-order valence-corrected chi connectivity index (χ0v) is 10.4. The average Bonchev–Trinajstić information content (AvgIpc) is 2.93. The lowest BCUT2D eigenvalue weighted by Gasteiger charge is -2.10. The molecule has 0 amide bonds. The van der Waals surface area contributed by atoms with Crippen LogP contribution in [-0.4, -0.2) is 15.1 Å². The molecular weight excluding hydrogens is 248 g/mol. The Morgan fingerprint density at radius 2 is 2.26 bits per heavy atom. The number of aromatic amines is 1. The third-order valence-corrected chi connectivity index (χ3v) is 2.72. The van der Waals surface area contributed by atoms with Gasteiger partial charge in [-0.05, 0) is 32.0 Å². The molecule has 0 saturated heterocycles. The van der Waals surface area contributed by atoms with Gasteiger partial charge in [0.05, 0.1) is 5.52 Å². The third-order valence-electron chi connectivity index (χ3n) is 2.72. The van der Waals surface area contributed by atoms with Crippen LogP contribution in [0.3, 0.4) is 0 Å². The molecule has 0 spiro atoms. The highest BCUT2D eigenvalue weighted by Crippen LogP contribution is 2.21. The number of oxazole rings is 1. The Kier molecular flexibility index (Phi) is 2.59. The van der Waals surface area contributed by atoms with Crippen molar-refractivity contribution >= 4 is 16.8 Å². The third kappa shape index (κ3) is 2.22. The number of anilines is 1. The first kappa shape index (κ1) is 11.5. The van der Waals surface area contributed by atoms with Crippen LogP contribution in [0.1, 0.15) is 24.7 Å². The van der Waals surface area contributed by atoms with E-state index in [-0.39, 0.29) is 6.04 Å². The number of benzene rings is 1. The van der Waals surface area contributed by atoms with E-state index in [1.54, 1.807) is 19.1 Å². The highest BCUT2D eigenvalue weighted by Gasteiger charge is 2.13. The molecular formula is C12H12N4O3. The van der Waals surface area contributed by atoms with Crippen molar-refractivity contribution in [2.75, 3.05) is 5.32 Å². The van der Waals surface area contributed by atoms with E-state index < -0.39 is 5.76 Å². The predicted octanol–water partition coefficient (Wildman–Crippen LogP) is 1.99.